The van der Waals surface area contributed by atoms with E-state index < -0.39 is 0 Å². The molecule has 0 saturated heterocycles. The predicted molar refractivity (Wildman–Crippen MR) is 117 cm³/mol. The van der Waals surface area contributed by atoms with E-state index in [-0.39, 0.29) is 5.91 Å². The topological polar surface area (TPSA) is 66.0 Å². The summed E-state index contributed by atoms with van der Waals surface area (Å²) in [5.41, 5.74) is 2.74. The lowest BCUT2D eigenvalue weighted by atomic mass is 9.98. The first-order valence-electron chi connectivity index (χ1n) is 10.9. The Morgan fingerprint density at radius 1 is 1.17 bits per heavy atom. The van der Waals surface area contributed by atoms with Gasteiger partial charge in [-0.25, -0.2) is 0 Å². The number of nitrogens with one attached hydrogen (secondary N) is 2. The van der Waals surface area contributed by atoms with Crippen LogP contribution in [0, 0.1) is 5.92 Å². The molecular weight excluding hydrogens is 362 g/mol. The lowest BCUT2D eigenvalue weighted by Crippen LogP contribution is -2.38. The van der Waals surface area contributed by atoms with Crippen LogP contribution < -0.4 is 5.32 Å². The molecule has 4 rings (SSSR count). The third kappa shape index (κ3) is 4.31. The molecule has 0 unspecified atom stereocenters. The van der Waals surface area contributed by atoms with Crippen LogP contribution in [0.1, 0.15) is 55.7 Å². The standard InChI is InChI=1S/C23H31N5O/c1-3-7-17(8-4-2)15-24-22-14-19-16-27(11-12-28(19)26-22)23(29)21-13-18-9-5-6-10-20(18)25-21/h5-6,9-10,13-14,17,25H,3-4,7-8,11-12,15-16H2,1-2H3,(H,24,26). The van der Waals surface area contributed by atoms with Gasteiger partial charge >= 0.3 is 0 Å². The molecule has 6 heteroatoms. The van der Waals surface area contributed by atoms with Crippen molar-refractivity contribution >= 4 is 22.6 Å². The van der Waals surface area contributed by atoms with Crippen LogP contribution >= 0.6 is 0 Å². The number of fused-ring (bicyclic) bond motifs is 2. The highest BCUT2D eigenvalue weighted by Gasteiger charge is 2.24. The van der Waals surface area contributed by atoms with Gasteiger partial charge in [0.25, 0.3) is 5.91 Å². The van der Waals surface area contributed by atoms with Crippen molar-refractivity contribution in [3.63, 3.8) is 0 Å². The van der Waals surface area contributed by atoms with Gasteiger partial charge in [-0.15, -0.1) is 0 Å². The maximum Gasteiger partial charge on any atom is 0.270 e. The van der Waals surface area contributed by atoms with E-state index in [0.717, 1.165) is 35.5 Å². The Kier molecular flexibility index (Phi) is 5.88. The largest absolute Gasteiger partial charge is 0.368 e. The van der Waals surface area contributed by atoms with Crippen molar-refractivity contribution in [1.82, 2.24) is 19.7 Å². The van der Waals surface area contributed by atoms with Gasteiger partial charge in [-0.2, -0.15) is 5.10 Å². The Labute approximate surface area is 172 Å². The molecule has 0 fully saturated rings. The van der Waals surface area contributed by atoms with Gasteiger partial charge in [-0.3, -0.25) is 9.48 Å². The van der Waals surface area contributed by atoms with E-state index >= 15 is 0 Å². The summed E-state index contributed by atoms with van der Waals surface area (Å²) in [6.45, 7) is 7.46. The van der Waals surface area contributed by atoms with Crippen LogP contribution in [0.25, 0.3) is 10.9 Å². The summed E-state index contributed by atoms with van der Waals surface area (Å²) in [5.74, 6) is 1.68. The predicted octanol–water partition coefficient (Wildman–Crippen LogP) is 4.65. The van der Waals surface area contributed by atoms with E-state index in [1.165, 1.54) is 25.7 Å². The molecule has 1 amide bonds. The van der Waals surface area contributed by atoms with Crippen LogP contribution in [0.15, 0.2) is 36.4 Å². The van der Waals surface area contributed by atoms with E-state index in [0.29, 0.717) is 24.7 Å². The number of carbonyl (C=O) groups is 1. The Hall–Kier alpha value is -2.76. The summed E-state index contributed by atoms with van der Waals surface area (Å²) in [6.07, 6.45) is 4.94. The van der Waals surface area contributed by atoms with Gasteiger partial charge in [-0.1, -0.05) is 44.9 Å². The maximum absolute atomic E-state index is 13.0. The third-order valence-electron chi connectivity index (χ3n) is 5.81. The molecule has 0 aliphatic carbocycles. The van der Waals surface area contributed by atoms with Crippen molar-refractivity contribution in [1.29, 1.82) is 0 Å². The van der Waals surface area contributed by atoms with Crippen LogP contribution in [-0.4, -0.2) is 38.7 Å². The van der Waals surface area contributed by atoms with E-state index in [1.54, 1.807) is 0 Å². The van der Waals surface area contributed by atoms with Gasteiger partial charge in [0.1, 0.15) is 11.5 Å². The molecule has 29 heavy (non-hydrogen) atoms. The van der Waals surface area contributed by atoms with Crippen LogP contribution in [0.3, 0.4) is 0 Å². The molecule has 0 saturated carbocycles. The number of hydrogen-bond donors (Lipinski definition) is 2. The summed E-state index contributed by atoms with van der Waals surface area (Å²) in [5, 5.41) is 9.30. The SMILES string of the molecule is CCCC(CCC)CNc1cc2n(n1)CCN(C(=O)c1cc3ccccc3[nH]1)C2. The zero-order valence-corrected chi connectivity index (χ0v) is 17.4. The molecule has 1 aliphatic rings. The molecule has 1 aromatic carbocycles. The number of aromatic amines is 1. The Bertz CT molecular complexity index is 934. The summed E-state index contributed by atoms with van der Waals surface area (Å²) >= 11 is 0. The Morgan fingerprint density at radius 2 is 1.97 bits per heavy atom. The minimum Gasteiger partial charge on any atom is -0.368 e. The van der Waals surface area contributed by atoms with E-state index in [9.17, 15) is 4.79 Å². The fourth-order valence-corrected chi connectivity index (χ4v) is 4.30. The molecule has 0 spiro atoms. The zero-order chi connectivity index (χ0) is 20.2. The number of hydrogen-bond acceptors (Lipinski definition) is 3. The summed E-state index contributed by atoms with van der Waals surface area (Å²) in [4.78, 5) is 18.2. The number of benzene rings is 1. The van der Waals surface area contributed by atoms with Crippen LogP contribution in [0.5, 0.6) is 0 Å². The van der Waals surface area contributed by atoms with E-state index in [2.05, 4.69) is 30.2 Å². The quantitative estimate of drug-likeness (QED) is 0.585. The Morgan fingerprint density at radius 3 is 2.72 bits per heavy atom. The number of para-hydroxylation sites is 1. The molecule has 3 heterocycles. The molecule has 1 aliphatic heterocycles. The monoisotopic (exact) mass is 393 g/mol. The molecule has 6 nitrogen and oxygen atoms in total. The van der Waals surface area contributed by atoms with Crippen molar-refractivity contribution in [3.05, 3.63) is 47.8 Å². The van der Waals surface area contributed by atoms with Gasteiger partial charge in [-0.05, 0) is 30.9 Å². The first-order valence-corrected chi connectivity index (χ1v) is 10.9. The molecule has 0 atom stereocenters. The molecule has 2 N–H and O–H groups in total. The first-order chi connectivity index (χ1) is 14.2. The number of aromatic nitrogens is 3. The number of rotatable bonds is 8. The molecule has 0 bridgehead atoms. The second kappa shape index (κ2) is 8.72. The number of H-pyrrole nitrogens is 1. The third-order valence-corrected chi connectivity index (χ3v) is 5.81. The smallest absolute Gasteiger partial charge is 0.270 e. The number of nitrogens with zero attached hydrogens (tertiary/aromatic N) is 3. The van der Waals surface area contributed by atoms with Gasteiger partial charge in [0.2, 0.25) is 0 Å². The van der Waals surface area contributed by atoms with Gasteiger partial charge in [0.05, 0.1) is 18.8 Å². The minimum absolute atomic E-state index is 0.0501. The normalized spacial score (nSPS) is 13.8. The molecule has 154 valence electrons. The minimum atomic E-state index is 0.0501. The van der Waals surface area contributed by atoms with E-state index in [1.807, 2.05) is 39.9 Å². The molecule has 0 radical (unpaired) electrons. The number of anilines is 1. The van der Waals surface area contributed by atoms with Gasteiger partial charge in [0.15, 0.2) is 0 Å². The van der Waals surface area contributed by atoms with E-state index in [4.69, 9.17) is 5.10 Å². The summed E-state index contributed by atoms with van der Waals surface area (Å²) in [6, 6.07) is 12.0. The van der Waals surface area contributed by atoms with Crippen LogP contribution in [0.4, 0.5) is 5.82 Å². The average Bonchev–Trinajstić information content (AvgIpc) is 3.34. The van der Waals surface area contributed by atoms with Crippen molar-refractivity contribution < 1.29 is 4.79 Å². The second-order valence-electron chi connectivity index (χ2n) is 8.07. The summed E-state index contributed by atoms with van der Waals surface area (Å²) < 4.78 is 2.03. The van der Waals surface area contributed by atoms with Crippen molar-refractivity contribution in [2.45, 2.75) is 52.6 Å². The summed E-state index contributed by atoms with van der Waals surface area (Å²) in [7, 11) is 0. The van der Waals surface area contributed by atoms with Gasteiger partial charge < -0.3 is 15.2 Å². The second-order valence-corrected chi connectivity index (χ2v) is 8.07. The highest BCUT2D eigenvalue weighted by molar-refractivity contribution is 5.98. The maximum atomic E-state index is 13.0. The number of carbonyl (C=O) groups excluding carboxylic acids is 1. The lowest BCUT2D eigenvalue weighted by Gasteiger charge is -2.27. The van der Waals surface area contributed by atoms with Crippen molar-refractivity contribution in [3.8, 4) is 0 Å². The molecular formula is C23H31N5O. The van der Waals surface area contributed by atoms with Crippen molar-refractivity contribution in [2.75, 3.05) is 18.4 Å². The van der Waals surface area contributed by atoms with Crippen LogP contribution in [0.2, 0.25) is 0 Å². The van der Waals surface area contributed by atoms with Gasteiger partial charge in [0, 0.05) is 30.1 Å². The first kappa shape index (κ1) is 19.6. The zero-order valence-electron chi connectivity index (χ0n) is 17.4. The highest BCUT2D eigenvalue weighted by Crippen LogP contribution is 2.21. The molecule has 3 aromatic rings. The average molecular weight is 394 g/mol. The van der Waals surface area contributed by atoms with Crippen LogP contribution in [-0.2, 0) is 13.1 Å². The fourth-order valence-electron chi connectivity index (χ4n) is 4.30. The highest BCUT2D eigenvalue weighted by atomic mass is 16.2. The fraction of sp³-hybridized carbons (Fsp3) is 0.478. The lowest BCUT2D eigenvalue weighted by molar-refractivity contribution is 0.0701. The molecule has 2 aromatic heterocycles. The van der Waals surface area contributed by atoms with Crippen molar-refractivity contribution in [2.24, 2.45) is 5.92 Å². The Balaban J connectivity index is 1.41. The number of amides is 1.